The monoisotopic (exact) mass is 269 g/mol. The van der Waals surface area contributed by atoms with Crippen LogP contribution in [0.25, 0.3) is 10.8 Å². The van der Waals surface area contributed by atoms with Gasteiger partial charge >= 0.3 is 0 Å². The van der Waals surface area contributed by atoms with Gasteiger partial charge in [-0.3, -0.25) is 4.79 Å². The second-order valence-electron chi connectivity index (χ2n) is 5.40. The zero-order valence-electron chi connectivity index (χ0n) is 11.8. The average Bonchev–Trinajstić information content (AvgIpc) is 3.14. The lowest BCUT2D eigenvalue weighted by atomic mass is 10.1. The predicted molar refractivity (Wildman–Crippen MR) is 80.9 cm³/mol. The van der Waals surface area contributed by atoms with Gasteiger partial charge in [-0.15, -0.1) is 0 Å². The predicted octanol–water partition coefficient (Wildman–Crippen LogP) is 2.80. The van der Waals surface area contributed by atoms with Gasteiger partial charge in [-0.25, -0.2) is 4.98 Å². The number of rotatable bonds is 4. The third-order valence-electron chi connectivity index (χ3n) is 3.74. The number of aromatic nitrogens is 1. The Morgan fingerprint density at radius 2 is 2.15 bits per heavy atom. The van der Waals surface area contributed by atoms with Crippen molar-refractivity contribution in [3.8, 4) is 0 Å². The van der Waals surface area contributed by atoms with Crippen molar-refractivity contribution >= 4 is 22.5 Å². The van der Waals surface area contributed by atoms with Gasteiger partial charge < -0.3 is 10.6 Å². The van der Waals surface area contributed by atoms with Gasteiger partial charge in [0.25, 0.3) is 5.91 Å². The van der Waals surface area contributed by atoms with Gasteiger partial charge in [-0.05, 0) is 30.7 Å². The standard InChI is InChI=1S/C16H19N3O/c1-3-17-15-12-7-5-4-6-11(12)9-14(18-15)16(20)19-13-8-10(13)2/h4-7,9-10,13H,3,8H2,1-2H3,(H,17,18)(H,19,20). The Kier molecular flexibility index (Phi) is 3.30. The molecular formula is C16H19N3O. The second kappa shape index (κ2) is 5.12. The van der Waals surface area contributed by atoms with Crippen LogP contribution >= 0.6 is 0 Å². The molecule has 0 radical (unpaired) electrons. The minimum absolute atomic E-state index is 0.0794. The lowest BCUT2D eigenvalue weighted by Crippen LogP contribution is -2.27. The molecule has 1 aliphatic rings. The summed E-state index contributed by atoms with van der Waals surface area (Å²) in [5, 5.41) is 8.34. The minimum atomic E-state index is -0.0794. The van der Waals surface area contributed by atoms with E-state index in [1.54, 1.807) is 0 Å². The maximum absolute atomic E-state index is 12.2. The Balaban J connectivity index is 1.96. The van der Waals surface area contributed by atoms with Crippen LogP contribution in [0, 0.1) is 5.92 Å². The summed E-state index contributed by atoms with van der Waals surface area (Å²) in [5.41, 5.74) is 0.485. The molecule has 1 aliphatic carbocycles. The highest BCUT2D eigenvalue weighted by atomic mass is 16.2. The molecule has 2 N–H and O–H groups in total. The number of carbonyl (C=O) groups excluding carboxylic acids is 1. The lowest BCUT2D eigenvalue weighted by Gasteiger charge is -2.10. The number of hydrogen-bond acceptors (Lipinski definition) is 3. The van der Waals surface area contributed by atoms with Gasteiger partial charge in [0.2, 0.25) is 0 Å². The summed E-state index contributed by atoms with van der Waals surface area (Å²) in [4.78, 5) is 16.7. The molecule has 0 saturated heterocycles. The van der Waals surface area contributed by atoms with Crippen molar-refractivity contribution in [1.29, 1.82) is 0 Å². The SMILES string of the molecule is CCNc1nc(C(=O)NC2CC2C)cc2ccccc12. The van der Waals surface area contributed by atoms with Gasteiger partial charge in [0.15, 0.2) is 0 Å². The quantitative estimate of drug-likeness (QED) is 0.897. The Morgan fingerprint density at radius 1 is 1.40 bits per heavy atom. The molecule has 1 aromatic heterocycles. The summed E-state index contributed by atoms with van der Waals surface area (Å²) in [6.45, 7) is 4.94. The summed E-state index contributed by atoms with van der Waals surface area (Å²) in [7, 11) is 0. The summed E-state index contributed by atoms with van der Waals surface area (Å²) in [5.74, 6) is 1.29. The van der Waals surface area contributed by atoms with E-state index in [1.165, 1.54) is 0 Å². The van der Waals surface area contributed by atoms with Crippen LogP contribution in [0.4, 0.5) is 5.82 Å². The van der Waals surface area contributed by atoms with E-state index in [9.17, 15) is 4.79 Å². The first kappa shape index (κ1) is 12.9. The van der Waals surface area contributed by atoms with Crippen LogP contribution in [0.15, 0.2) is 30.3 Å². The first-order valence-electron chi connectivity index (χ1n) is 7.13. The summed E-state index contributed by atoms with van der Waals surface area (Å²) in [6.07, 6.45) is 1.07. The van der Waals surface area contributed by atoms with Crippen LogP contribution < -0.4 is 10.6 Å². The third kappa shape index (κ3) is 2.46. The fourth-order valence-corrected chi connectivity index (χ4v) is 2.38. The van der Waals surface area contributed by atoms with Crippen molar-refractivity contribution in [2.75, 3.05) is 11.9 Å². The molecule has 4 nitrogen and oxygen atoms in total. The molecule has 0 spiro atoms. The molecule has 1 amide bonds. The Labute approximate surface area is 118 Å². The van der Waals surface area contributed by atoms with E-state index in [1.807, 2.05) is 37.3 Å². The van der Waals surface area contributed by atoms with Gasteiger partial charge in [-0.1, -0.05) is 31.2 Å². The van der Waals surface area contributed by atoms with Crippen LogP contribution in [0.2, 0.25) is 0 Å². The molecule has 2 unspecified atom stereocenters. The molecular weight excluding hydrogens is 250 g/mol. The fourth-order valence-electron chi connectivity index (χ4n) is 2.38. The van der Waals surface area contributed by atoms with Crippen LogP contribution in [0.5, 0.6) is 0 Å². The number of fused-ring (bicyclic) bond motifs is 1. The molecule has 1 heterocycles. The molecule has 3 rings (SSSR count). The largest absolute Gasteiger partial charge is 0.370 e. The number of carbonyl (C=O) groups is 1. The molecule has 4 heteroatoms. The van der Waals surface area contributed by atoms with Gasteiger partial charge in [0.1, 0.15) is 11.5 Å². The number of hydrogen-bond donors (Lipinski definition) is 2. The summed E-state index contributed by atoms with van der Waals surface area (Å²) < 4.78 is 0. The second-order valence-corrected chi connectivity index (χ2v) is 5.40. The molecule has 0 bridgehead atoms. The number of pyridine rings is 1. The molecule has 0 aliphatic heterocycles. The number of amides is 1. The Hall–Kier alpha value is -2.10. The number of benzene rings is 1. The normalized spacial score (nSPS) is 20.7. The van der Waals surface area contributed by atoms with E-state index in [0.717, 1.165) is 29.6 Å². The first-order valence-corrected chi connectivity index (χ1v) is 7.13. The number of nitrogens with one attached hydrogen (secondary N) is 2. The van der Waals surface area contributed by atoms with Gasteiger partial charge in [0.05, 0.1) is 0 Å². The average molecular weight is 269 g/mol. The van der Waals surface area contributed by atoms with Crippen molar-refractivity contribution in [3.63, 3.8) is 0 Å². The molecule has 2 atom stereocenters. The summed E-state index contributed by atoms with van der Waals surface area (Å²) in [6, 6.07) is 10.2. The highest BCUT2D eigenvalue weighted by Crippen LogP contribution is 2.29. The van der Waals surface area contributed by atoms with E-state index in [4.69, 9.17) is 0 Å². The minimum Gasteiger partial charge on any atom is -0.370 e. The molecule has 1 saturated carbocycles. The molecule has 20 heavy (non-hydrogen) atoms. The highest BCUT2D eigenvalue weighted by molar-refractivity contribution is 6.00. The van der Waals surface area contributed by atoms with Crippen LogP contribution in [-0.4, -0.2) is 23.5 Å². The number of anilines is 1. The van der Waals surface area contributed by atoms with E-state index >= 15 is 0 Å². The summed E-state index contributed by atoms with van der Waals surface area (Å²) >= 11 is 0. The molecule has 2 aromatic rings. The van der Waals surface area contributed by atoms with Crippen molar-refractivity contribution in [2.24, 2.45) is 5.92 Å². The van der Waals surface area contributed by atoms with Crippen molar-refractivity contribution in [1.82, 2.24) is 10.3 Å². The molecule has 104 valence electrons. The molecule has 1 fully saturated rings. The van der Waals surface area contributed by atoms with Gasteiger partial charge in [0, 0.05) is 18.0 Å². The van der Waals surface area contributed by atoms with Crippen LogP contribution in [0.3, 0.4) is 0 Å². The van der Waals surface area contributed by atoms with Crippen molar-refractivity contribution in [2.45, 2.75) is 26.3 Å². The third-order valence-corrected chi connectivity index (χ3v) is 3.74. The fraction of sp³-hybridized carbons (Fsp3) is 0.375. The zero-order chi connectivity index (χ0) is 14.1. The lowest BCUT2D eigenvalue weighted by molar-refractivity contribution is 0.0944. The van der Waals surface area contributed by atoms with E-state index in [-0.39, 0.29) is 5.91 Å². The highest BCUT2D eigenvalue weighted by Gasteiger charge is 2.34. The van der Waals surface area contributed by atoms with E-state index in [0.29, 0.717) is 17.7 Å². The van der Waals surface area contributed by atoms with E-state index < -0.39 is 0 Å². The number of nitrogens with zero attached hydrogens (tertiary/aromatic N) is 1. The maximum atomic E-state index is 12.2. The smallest absolute Gasteiger partial charge is 0.270 e. The first-order chi connectivity index (χ1) is 9.69. The van der Waals surface area contributed by atoms with Crippen LogP contribution in [-0.2, 0) is 0 Å². The van der Waals surface area contributed by atoms with Crippen molar-refractivity contribution in [3.05, 3.63) is 36.0 Å². The Morgan fingerprint density at radius 3 is 2.85 bits per heavy atom. The Bertz CT molecular complexity index is 653. The van der Waals surface area contributed by atoms with Crippen LogP contribution in [0.1, 0.15) is 30.8 Å². The van der Waals surface area contributed by atoms with Crippen molar-refractivity contribution < 1.29 is 4.79 Å². The zero-order valence-corrected chi connectivity index (χ0v) is 11.8. The molecule has 1 aromatic carbocycles. The van der Waals surface area contributed by atoms with Gasteiger partial charge in [-0.2, -0.15) is 0 Å². The topological polar surface area (TPSA) is 54.0 Å². The van der Waals surface area contributed by atoms with E-state index in [2.05, 4.69) is 22.5 Å². The maximum Gasteiger partial charge on any atom is 0.270 e.